The van der Waals surface area contributed by atoms with Crippen LogP contribution in [0.15, 0.2) is 24.5 Å². The van der Waals surface area contributed by atoms with Gasteiger partial charge in [0, 0.05) is 36.3 Å². The molecular weight excluding hydrogens is 160 g/mol. The van der Waals surface area contributed by atoms with Gasteiger partial charge in [-0.2, -0.15) is 0 Å². The molecule has 0 aliphatic carbocycles. The van der Waals surface area contributed by atoms with E-state index < -0.39 is 11.6 Å². The lowest BCUT2D eigenvalue weighted by Crippen LogP contribution is -1.78. The topological polar surface area (TPSA) is 4.93 Å². The van der Waals surface area contributed by atoms with Crippen molar-refractivity contribution >= 4 is 10.8 Å². The van der Waals surface area contributed by atoms with E-state index in [1.807, 2.05) is 0 Å². The molecule has 3 heteroatoms. The fourth-order valence-electron chi connectivity index (χ4n) is 1.31. The van der Waals surface area contributed by atoms with Gasteiger partial charge in [0.2, 0.25) is 0 Å². The van der Waals surface area contributed by atoms with Crippen LogP contribution in [0.1, 0.15) is 0 Å². The molecule has 0 spiro atoms. The Morgan fingerprint density at radius 2 is 1.92 bits per heavy atom. The summed E-state index contributed by atoms with van der Waals surface area (Å²) in [5.41, 5.74) is 0. The molecule has 0 N–H and O–H groups in total. The Morgan fingerprint density at radius 1 is 1.17 bits per heavy atom. The molecule has 0 saturated carbocycles. The van der Waals surface area contributed by atoms with Gasteiger partial charge >= 0.3 is 0 Å². The molecule has 0 unspecified atom stereocenters. The predicted octanol–water partition coefficient (Wildman–Crippen LogP) is 2.46. The maximum atomic E-state index is 13.0. The summed E-state index contributed by atoms with van der Waals surface area (Å²) in [7, 11) is 1.78. The summed E-state index contributed by atoms with van der Waals surface area (Å²) in [6.07, 6.45) is 3.31. The minimum atomic E-state index is -0.536. The first-order valence-electron chi connectivity index (χ1n) is 3.57. The summed E-state index contributed by atoms with van der Waals surface area (Å²) in [5.74, 6) is -1.04. The van der Waals surface area contributed by atoms with E-state index in [2.05, 4.69) is 0 Å². The molecule has 1 aromatic carbocycles. The second-order valence-electron chi connectivity index (χ2n) is 2.81. The Hall–Kier alpha value is -1.38. The Morgan fingerprint density at radius 3 is 2.67 bits per heavy atom. The molecule has 12 heavy (non-hydrogen) atoms. The zero-order valence-corrected chi connectivity index (χ0v) is 6.51. The van der Waals surface area contributed by atoms with Gasteiger partial charge in [0.05, 0.1) is 0 Å². The van der Waals surface area contributed by atoms with Crippen molar-refractivity contribution in [3.8, 4) is 0 Å². The van der Waals surface area contributed by atoms with Gasteiger partial charge in [-0.1, -0.05) is 0 Å². The molecule has 0 fully saturated rings. The van der Waals surface area contributed by atoms with Crippen LogP contribution in [-0.2, 0) is 7.05 Å². The van der Waals surface area contributed by atoms with Crippen molar-refractivity contribution in [1.82, 2.24) is 4.57 Å². The van der Waals surface area contributed by atoms with Crippen LogP contribution in [0.5, 0.6) is 0 Å². The van der Waals surface area contributed by atoms with Gasteiger partial charge in [-0.25, -0.2) is 8.78 Å². The number of hydrogen-bond donors (Lipinski definition) is 0. The van der Waals surface area contributed by atoms with E-state index in [4.69, 9.17) is 0 Å². The molecule has 1 heterocycles. The summed E-state index contributed by atoms with van der Waals surface area (Å²) in [6, 6.07) is 2.21. The van der Waals surface area contributed by atoms with Crippen molar-refractivity contribution in [2.75, 3.05) is 0 Å². The fourth-order valence-corrected chi connectivity index (χ4v) is 1.31. The van der Waals surface area contributed by atoms with E-state index in [1.165, 1.54) is 6.07 Å². The Bertz CT molecular complexity index is 431. The van der Waals surface area contributed by atoms with E-state index >= 15 is 0 Å². The van der Waals surface area contributed by atoms with Gasteiger partial charge in [0.1, 0.15) is 11.6 Å². The van der Waals surface area contributed by atoms with E-state index in [0.717, 1.165) is 6.07 Å². The van der Waals surface area contributed by atoms with Gasteiger partial charge in [0.15, 0.2) is 0 Å². The maximum absolute atomic E-state index is 13.0. The highest BCUT2D eigenvalue weighted by Crippen LogP contribution is 2.19. The average molecular weight is 167 g/mol. The van der Waals surface area contributed by atoms with Gasteiger partial charge in [0.25, 0.3) is 0 Å². The second kappa shape index (κ2) is 2.30. The molecule has 1 nitrogen and oxygen atoms in total. The molecule has 0 bridgehead atoms. The summed E-state index contributed by atoms with van der Waals surface area (Å²) in [6.45, 7) is 0. The van der Waals surface area contributed by atoms with Gasteiger partial charge in [-0.3, -0.25) is 0 Å². The minimum absolute atomic E-state index is 0.457. The lowest BCUT2D eigenvalue weighted by atomic mass is 10.2. The first kappa shape index (κ1) is 7.28. The lowest BCUT2D eigenvalue weighted by molar-refractivity contribution is 0.592. The highest BCUT2D eigenvalue weighted by atomic mass is 19.1. The normalized spacial score (nSPS) is 10.9. The highest BCUT2D eigenvalue weighted by molar-refractivity contribution is 5.82. The molecule has 0 aliphatic heterocycles. The van der Waals surface area contributed by atoms with E-state index in [-0.39, 0.29) is 0 Å². The van der Waals surface area contributed by atoms with Crippen LogP contribution in [-0.4, -0.2) is 4.57 Å². The highest BCUT2D eigenvalue weighted by Gasteiger charge is 2.04. The molecule has 2 rings (SSSR count). The van der Waals surface area contributed by atoms with Crippen molar-refractivity contribution in [3.05, 3.63) is 36.2 Å². The number of benzene rings is 1. The Balaban J connectivity index is 2.88. The zero-order valence-electron chi connectivity index (χ0n) is 6.51. The average Bonchev–Trinajstić information content (AvgIpc) is 2.29. The van der Waals surface area contributed by atoms with Crippen molar-refractivity contribution in [2.24, 2.45) is 7.05 Å². The van der Waals surface area contributed by atoms with Crippen LogP contribution in [0.4, 0.5) is 8.78 Å². The zero-order chi connectivity index (χ0) is 8.72. The van der Waals surface area contributed by atoms with Crippen molar-refractivity contribution in [1.29, 1.82) is 0 Å². The van der Waals surface area contributed by atoms with Crippen LogP contribution >= 0.6 is 0 Å². The number of hydrogen-bond acceptors (Lipinski definition) is 0. The SMILES string of the molecule is Cn1cc2cc(F)cc(F)c2c1. The molecule has 62 valence electrons. The molecule has 2 aromatic rings. The molecule has 0 radical (unpaired) electrons. The predicted molar refractivity (Wildman–Crippen MR) is 42.8 cm³/mol. The first-order chi connectivity index (χ1) is 5.66. The van der Waals surface area contributed by atoms with Crippen molar-refractivity contribution < 1.29 is 8.78 Å². The van der Waals surface area contributed by atoms with Crippen molar-refractivity contribution in [2.45, 2.75) is 0 Å². The Kier molecular flexibility index (Phi) is 1.40. The second-order valence-corrected chi connectivity index (χ2v) is 2.81. The maximum Gasteiger partial charge on any atom is 0.135 e. The fraction of sp³-hybridized carbons (Fsp3) is 0.111. The van der Waals surface area contributed by atoms with Crippen molar-refractivity contribution in [3.63, 3.8) is 0 Å². The first-order valence-corrected chi connectivity index (χ1v) is 3.57. The van der Waals surface area contributed by atoms with Crippen LogP contribution < -0.4 is 0 Å². The summed E-state index contributed by atoms with van der Waals surface area (Å²) in [5, 5.41) is 1.05. The third-order valence-electron chi connectivity index (χ3n) is 1.80. The number of fused-ring (bicyclic) bond motifs is 1. The van der Waals surface area contributed by atoms with E-state index in [1.54, 1.807) is 24.0 Å². The Labute approximate surface area is 68.2 Å². The summed E-state index contributed by atoms with van der Waals surface area (Å²) in [4.78, 5) is 0. The van der Waals surface area contributed by atoms with Crippen LogP contribution in [0.25, 0.3) is 10.8 Å². The molecule has 1 aromatic heterocycles. The van der Waals surface area contributed by atoms with Crippen LogP contribution in [0.3, 0.4) is 0 Å². The molecular formula is C9H7F2N. The van der Waals surface area contributed by atoms with Gasteiger partial charge in [-0.05, 0) is 6.07 Å². The number of halogens is 2. The van der Waals surface area contributed by atoms with Gasteiger partial charge in [-0.15, -0.1) is 0 Å². The summed E-state index contributed by atoms with van der Waals surface area (Å²) < 4.78 is 27.4. The monoisotopic (exact) mass is 167 g/mol. The minimum Gasteiger partial charge on any atom is -0.356 e. The van der Waals surface area contributed by atoms with E-state index in [0.29, 0.717) is 10.8 Å². The number of aromatic nitrogens is 1. The number of rotatable bonds is 0. The third kappa shape index (κ3) is 0.978. The van der Waals surface area contributed by atoms with Crippen LogP contribution in [0.2, 0.25) is 0 Å². The van der Waals surface area contributed by atoms with Gasteiger partial charge < -0.3 is 4.57 Å². The molecule has 0 saturated heterocycles. The standard InChI is InChI=1S/C9H7F2N/c1-12-4-6-2-7(10)3-9(11)8(6)5-12/h2-5H,1H3. The van der Waals surface area contributed by atoms with E-state index in [9.17, 15) is 8.78 Å². The quantitative estimate of drug-likeness (QED) is 0.568. The largest absolute Gasteiger partial charge is 0.356 e. The lowest BCUT2D eigenvalue weighted by Gasteiger charge is -1.91. The third-order valence-corrected chi connectivity index (χ3v) is 1.80. The molecule has 0 amide bonds. The molecule has 0 aliphatic rings. The smallest absolute Gasteiger partial charge is 0.135 e. The summed E-state index contributed by atoms with van der Waals surface area (Å²) >= 11 is 0. The van der Waals surface area contributed by atoms with Crippen LogP contribution in [0, 0.1) is 11.6 Å². The number of nitrogens with zero attached hydrogens (tertiary/aromatic N) is 1. The molecule has 0 atom stereocenters. The number of aryl methyl sites for hydroxylation is 1.